The lowest BCUT2D eigenvalue weighted by Gasteiger charge is -2.19. The Balaban J connectivity index is 2.43. The van der Waals surface area contributed by atoms with Gasteiger partial charge in [-0.3, -0.25) is 0 Å². The second-order valence-electron chi connectivity index (χ2n) is 4.65. The van der Waals surface area contributed by atoms with E-state index >= 15 is 0 Å². The maximum atomic E-state index is 14.1. The van der Waals surface area contributed by atoms with Gasteiger partial charge in [-0.1, -0.05) is 18.5 Å². The molecule has 0 aliphatic carbocycles. The van der Waals surface area contributed by atoms with Crippen LogP contribution in [-0.4, -0.2) is 6.54 Å². The van der Waals surface area contributed by atoms with Crippen LogP contribution in [0.1, 0.15) is 35.4 Å². The van der Waals surface area contributed by atoms with Gasteiger partial charge < -0.3 is 5.32 Å². The third-order valence-electron chi connectivity index (χ3n) is 3.07. The molecule has 0 saturated carbocycles. The number of nitrogens with one attached hydrogen (secondary N) is 1. The Bertz CT molecular complexity index is 598. The van der Waals surface area contributed by atoms with Crippen molar-refractivity contribution in [2.75, 3.05) is 6.54 Å². The molecule has 0 fully saturated rings. The van der Waals surface area contributed by atoms with Crippen molar-refractivity contribution >= 4 is 22.9 Å². The van der Waals surface area contributed by atoms with Gasteiger partial charge in [0.05, 0.1) is 10.4 Å². The van der Waals surface area contributed by atoms with Crippen molar-refractivity contribution in [1.29, 1.82) is 0 Å². The van der Waals surface area contributed by atoms with Crippen molar-refractivity contribution in [1.82, 2.24) is 5.32 Å². The lowest BCUT2D eigenvalue weighted by molar-refractivity contribution is 0.533. The van der Waals surface area contributed by atoms with Gasteiger partial charge in [0.15, 0.2) is 0 Å². The molecule has 0 aliphatic rings. The monoisotopic (exact) mass is 315 g/mol. The van der Waals surface area contributed by atoms with Crippen LogP contribution in [0.5, 0.6) is 0 Å². The van der Waals surface area contributed by atoms with Gasteiger partial charge in [-0.2, -0.15) is 0 Å². The summed E-state index contributed by atoms with van der Waals surface area (Å²) in [6.45, 7) is 4.42. The summed E-state index contributed by atoms with van der Waals surface area (Å²) >= 11 is 7.36. The van der Waals surface area contributed by atoms with E-state index in [1.165, 1.54) is 11.3 Å². The highest BCUT2D eigenvalue weighted by Gasteiger charge is 2.20. The van der Waals surface area contributed by atoms with E-state index in [0.717, 1.165) is 23.9 Å². The van der Waals surface area contributed by atoms with E-state index in [1.807, 2.05) is 13.0 Å². The Hall–Kier alpha value is -0.970. The molecule has 0 bridgehead atoms. The van der Waals surface area contributed by atoms with Crippen LogP contribution in [-0.2, 0) is 0 Å². The summed E-state index contributed by atoms with van der Waals surface area (Å²) in [6, 6.07) is 5.87. The van der Waals surface area contributed by atoms with Gasteiger partial charge in [0, 0.05) is 16.5 Å². The summed E-state index contributed by atoms with van der Waals surface area (Å²) in [4.78, 5) is 0.924. The smallest absolute Gasteiger partial charge is 0.131 e. The molecule has 0 spiro atoms. The highest BCUT2D eigenvalue weighted by atomic mass is 35.5. The normalized spacial score (nSPS) is 12.7. The molecule has 0 saturated heterocycles. The summed E-state index contributed by atoms with van der Waals surface area (Å²) in [5.74, 6) is -1.06. The molecule has 0 radical (unpaired) electrons. The fourth-order valence-electron chi connectivity index (χ4n) is 2.04. The summed E-state index contributed by atoms with van der Waals surface area (Å²) in [5.41, 5.74) is 0.892. The zero-order valence-corrected chi connectivity index (χ0v) is 12.9. The Morgan fingerprint density at radius 1 is 1.25 bits per heavy atom. The molecular formula is C15H16ClF2NS. The Morgan fingerprint density at radius 3 is 2.60 bits per heavy atom. The average Bonchev–Trinajstić information content (AvgIpc) is 2.82. The van der Waals surface area contributed by atoms with E-state index in [4.69, 9.17) is 11.6 Å². The molecule has 1 heterocycles. The molecule has 1 unspecified atom stereocenters. The molecule has 1 aromatic heterocycles. The molecule has 20 heavy (non-hydrogen) atoms. The SMILES string of the molecule is CCCNC(c1ccc(Cl)s1)c1cc(C)c(F)cc1F. The van der Waals surface area contributed by atoms with Gasteiger partial charge in [0.2, 0.25) is 0 Å². The zero-order chi connectivity index (χ0) is 14.7. The van der Waals surface area contributed by atoms with Crippen LogP contribution < -0.4 is 5.32 Å². The topological polar surface area (TPSA) is 12.0 Å². The number of aryl methyl sites for hydroxylation is 1. The minimum atomic E-state index is -0.536. The molecule has 1 nitrogen and oxygen atoms in total. The Labute approximate surface area is 126 Å². The first-order valence-corrected chi connectivity index (χ1v) is 7.66. The van der Waals surface area contributed by atoms with E-state index in [-0.39, 0.29) is 6.04 Å². The molecule has 0 aliphatic heterocycles. The number of halogens is 3. The first-order valence-electron chi connectivity index (χ1n) is 6.47. The standard InChI is InChI=1S/C15H16ClF2NS/c1-3-6-19-15(13-4-5-14(16)20-13)10-7-9(2)11(17)8-12(10)18/h4-5,7-8,15,19H,3,6H2,1-2H3. The van der Waals surface area contributed by atoms with Gasteiger partial charge in [-0.25, -0.2) is 8.78 Å². The van der Waals surface area contributed by atoms with Gasteiger partial charge in [0.1, 0.15) is 11.6 Å². The van der Waals surface area contributed by atoms with Crippen LogP contribution in [0.3, 0.4) is 0 Å². The van der Waals surface area contributed by atoms with Crippen LogP contribution >= 0.6 is 22.9 Å². The highest BCUT2D eigenvalue weighted by Crippen LogP contribution is 2.33. The molecule has 2 aromatic rings. The maximum absolute atomic E-state index is 14.1. The number of hydrogen-bond acceptors (Lipinski definition) is 2. The van der Waals surface area contributed by atoms with Crippen LogP contribution in [0, 0.1) is 18.6 Å². The van der Waals surface area contributed by atoms with Crippen LogP contribution in [0.25, 0.3) is 0 Å². The van der Waals surface area contributed by atoms with E-state index in [9.17, 15) is 8.78 Å². The van der Waals surface area contributed by atoms with E-state index < -0.39 is 11.6 Å². The minimum Gasteiger partial charge on any atom is -0.306 e. The van der Waals surface area contributed by atoms with Crippen molar-refractivity contribution in [2.45, 2.75) is 26.3 Å². The Kier molecular flexibility index (Phi) is 5.13. The fraction of sp³-hybridized carbons (Fsp3) is 0.333. The van der Waals surface area contributed by atoms with Crippen molar-refractivity contribution in [3.8, 4) is 0 Å². The zero-order valence-electron chi connectivity index (χ0n) is 11.3. The number of rotatable bonds is 5. The quantitative estimate of drug-likeness (QED) is 0.811. The van der Waals surface area contributed by atoms with E-state index in [1.54, 1.807) is 19.1 Å². The summed E-state index contributed by atoms with van der Waals surface area (Å²) in [5, 5.41) is 3.29. The predicted octanol–water partition coefficient (Wildman–Crippen LogP) is 5.08. The van der Waals surface area contributed by atoms with Gasteiger partial charge in [-0.15, -0.1) is 11.3 Å². The third-order valence-corrected chi connectivity index (χ3v) is 4.36. The number of hydrogen-bond donors (Lipinski definition) is 1. The molecule has 108 valence electrons. The number of thiophene rings is 1. The van der Waals surface area contributed by atoms with E-state index in [0.29, 0.717) is 15.5 Å². The highest BCUT2D eigenvalue weighted by molar-refractivity contribution is 7.16. The van der Waals surface area contributed by atoms with Crippen molar-refractivity contribution < 1.29 is 8.78 Å². The summed E-state index contributed by atoms with van der Waals surface area (Å²) < 4.78 is 28.1. The second kappa shape index (κ2) is 6.66. The van der Waals surface area contributed by atoms with Gasteiger partial charge in [-0.05, 0) is 43.7 Å². The summed E-state index contributed by atoms with van der Waals surface area (Å²) in [6.07, 6.45) is 0.928. The molecule has 5 heteroatoms. The first-order chi connectivity index (χ1) is 9.52. The predicted molar refractivity (Wildman–Crippen MR) is 80.6 cm³/mol. The fourth-order valence-corrected chi connectivity index (χ4v) is 3.19. The van der Waals surface area contributed by atoms with Crippen molar-refractivity contribution in [2.24, 2.45) is 0 Å². The lowest BCUT2D eigenvalue weighted by atomic mass is 10.0. The number of benzene rings is 1. The Morgan fingerprint density at radius 2 is 2.00 bits per heavy atom. The van der Waals surface area contributed by atoms with E-state index in [2.05, 4.69) is 5.32 Å². The van der Waals surface area contributed by atoms with Crippen molar-refractivity contribution in [3.05, 3.63) is 56.2 Å². The van der Waals surface area contributed by atoms with Crippen LogP contribution in [0.2, 0.25) is 4.34 Å². The first kappa shape index (κ1) is 15.4. The minimum absolute atomic E-state index is 0.299. The van der Waals surface area contributed by atoms with Crippen LogP contribution in [0.15, 0.2) is 24.3 Å². The molecule has 1 N–H and O–H groups in total. The maximum Gasteiger partial charge on any atom is 0.131 e. The van der Waals surface area contributed by atoms with Crippen molar-refractivity contribution in [3.63, 3.8) is 0 Å². The molecular weight excluding hydrogens is 300 g/mol. The van der Waals surface area contributed by atoms with Crippen LogP contribution in [0.4, 0.5) is 8.78 Å². The third kappa shape index (κ3) is 3.37. The van der Waals surface area contributed by atoms with Gasteiger partial charge in [0.25, 0.3) is 0 Å². The average molecular weight is 316 g/mol. The lowest BCUT2D eigenvalue weighted by Crippen LogP contribution is -2.23. The summed E-state index contributed by atoms with van der Waals surface area (Å²) in [7, 11) is 0. The molecule has 0 amide bonds. The molecule has 1 aromatic carbocycles. The van der Waals surface area contributed by atoms with Gasteiger partial charge >= 0.3 is 0 Å². The molecule has 2 rings (SSSR count). The molecule has 1 atom stereocenters. The largest absolute Gasteiger partial charge is 0.306 e. The second-order valence-corrected chi connectivity index (χ2v) is 6.40.